The zero-order valence-electron chi connectivity index (χ0n) is 8.86. The molecule has 0 unspecified atom stereocenters. The largest absolute Gasteiger partial charge is 0.435 e. The summed E-state index contributed by atoms with van der Waals surface area (Å²) in [4.78, 5) is 3.96. The van der Waals surface area contributed by atoms with Crippen LogP contribution in [0.1, 0.15) is 11.3 Å². The van der Waals surface area contributed by atoms with Gasteiger partial charge in [0, 0.05) is 24.1 Å². The number of hydrogen-bond donors (Lipinski definition) is 1. The lowest BCUT2D eigenvalue weighted by Crippen LogP contribution is -2.08. The third kappa shape index (κ3) is 2.22. The van der Waals surface area contributed by atoms with E-state index in [0.29, 0.717) is 5.69 Å². The highest BCUT2D eigenvalue weighted by Crippen LogP contribution is 2.27. The van der Waals surface area contributed by atoms with Crippen LogP contribution < -0.4 is 5.73 Å². The summed E-state index contributed by atoms with van der Waals surface area (Å²) in [7, 11) is 0. The second-order valence-electron chi connectivity index (χ2n) is 3.54. The molecule has 2 N–H and O–H groups in total. The van der Waals surface area contributed by atoms with E-state index in [1.54, 1.807) is 6.92 Å². The van der Waals surface area contributed by atoms with E-state index in [0.717, 1.165) is 16.3 Å². The van der Waals surface area contributed by atoms with Gasteiger partial charge >= 0.3 is 6.18 Å². The van der Waals surface area contributed by atoms with Gasteiger partial charge in [0.1, 0.15) is 0 Å². The average molecular weight is 242 g/mol. The predicted octanol–water partition coefficient (Wildman–Crippen LogP) is 2.18. The molecule has 2 heterocycles. The molecule has 0 radical (unpaired) electrons. The van der Waals surface area contributed by atoms with Crippen molar-refractivity contribution in [2.75, 3.05) is 5.73 Å². The summed E-state index contributed by atoms with van der Waals surface area (Å²) in [5.41, 5.74) is 5.91. The van der Waals surface area contributed by atoms with Gasteiger partial charge in [-0.25, -0.2) is 9.67 Å². The quantitative estimate of drug-likeness (QED) is 0.833. The Bertz CT molecular complexity index is 545. The van der Waals surface area contributed by atoms with Crippen LogP contribution in [0.3, 0.4) is 0 Å². The molecule has 0 bridgehead atoms. The molecule has 0 aliphatic rings. The fraction of sp³-hybridized carbons (Fsp3) is 0.200. The molecule has 0 saturated heterocycles. The van der Waals surface area contributed by atoms with Gasteiger partial charge in [0.05, 0.1) is 0 Å². The van der Waals surface area contributed by atoms with Crippen molar-refractivity contribution < 1.29 is 13.2 Å². The molecular formula is C10H9F3N4. The number of aryl methyl sites for hydroxylation is 1. The lowest BCUT2D eigenvalue weighted by molar-refractivity contribution is -0.141. The molecule has 2 rings (SSSR count). The molecular weight excluding hydrogens is 233 g/mol. The molecule has 0 aromatic carbocycles. The zero-order valence-corrected chi connectivity index (χ0v) is 8.86. The third-order valence-corrected chi connectivity index (χ3v) is 2.24. The van der Waals surface area contributed by atoms with Crippen LogP contribution in [0.4, 0.5) is 18.9 Å². The fourth-order valence-electron chi connectivity index (χ4n) is 1.26. The Kier molecular flexibility index (Phi) is 2.53. The minimum absolute atomic E-state index is 0.253. The summed E-state index contributed by atoms with van der Waals surface area (Å²) in [5, 5.41) is 3.40. The van der Waals surface area contributed by atoms with E-state index in [1.807, 2.05) is 0 Å². The van der Waals surface area contributed by atoms with Crippen LogP contribution in [0.15, 0.2) is 24.5 Å². The topological polar surface area (TPSA) is 56.7 Å². The van der Waals surface area contributed by atoms with Gasteiger partial charge in [0.25, 0.3) is 0 Å². The van der Waals surface area contributed by atoms with E-state index in [2.05, 4.69) is 10.1 Å². The van der Waals surface area contributed by atoms with Crippen LogP contribution in [0.5, 0.6) is 0 Å². The Hall–Kier alpha value is -2.05. The van der Waals surface area contributed by atoms with E-state index < -0.39 is 11.9 Å². The molecule has 0 amide bonds. The second-order valence-corrected chi connectivity index (χ2v) is 3.54. The number of nitrogens with two attached hydrogens (primary N) is 1. The monoisotopic (exact) mass is 242 g/mol. The van der Waals surface area contributed by atoms with Gasteiger partial charge < -0.3 is 5.73 Å². The minimum atomic E-state index is -4.46. The van der Waals surface area contributed by atoms with Crippen molar-refractivity contribution >= 4 is 5.69 Å². The number of halogens is 3. The second kappa shape index (κ2) is 3.76. The van der Waals surface area contributed by atoms with E-state index in [-0.39, 0.29) is 5.82 Å². The molecule has 0 saturated carbocycles. The smallest absolute Gasteiger partial charge is 0.398 e. The van der Waals surface area contributed by atoms with Crippen LogP contribution in [0.2, 0.25) is 0 Å². The summed E-state index contributed by atoms with van der Waals surface area (Å²) in [6.07, 6.45) is -1.78. The van der Waals surface area contributed by atoms with Gasteiger partial charge in [-0.2, -0.15) is 18.3 Å². The first-order valence-corrected chi connectivity index (χ1v) is 4.73. The summed E-state index contributed by atoms with van der Waals surface area (Å²) >= 11 is 0. The van der Waals surface area contributed by atoms with E-state index in [1.165, 1.54) is 18.5 Å². The Morgan fingerprint density at radius 1 is 1.35 bits per heavy atom. The van der Waals surface area contributed by atoms with Crippen molar-refractivity contribution in [1.29, 1.82) is 0 Å². The van der Waals surface area contributed by atoms with Crippen molar-refractivity contribution in [3.05, 3.63) is 35.8 Å². The van der Waals surface area contributed by atoms with Crippen LogP contribution in [-0.2, 0) is 6.18 Å². The molecule has 2 aromatic rings. The SMILES string of the molecule is Cc1cnc(-n2ccc(C(F)(F)F)n2)cc1N. The van der Waals surface area contributed by atoms with Gasteiger partial charge in [-0.05, 0) is 18.6 Å². The molecule has 4 nitrogen and oxygen atoms in total. The van der Waals surface area contributed by atoms with Gasteiger partial charge in [0.15, 0.2) is 11.5 Å². The van der Waals surface area contributed by atoms with Crippen LogP contribution in [-0.4, -0.2) is 14.8 Å². The molecule has 17 heavy (non-hydrogen) atoms. The van der Waals surface area contributed by atoms with Crippen LogP contribution >= 0.6 is 0 Å². The van der Waals surface area contributed by atoms with Crippen molar-refractivity contribution in [2.45, 2.75) is 13.1 Å². The Balaban J connectivity index is 2.40. The number of alkyl halides is 3. The molecule has 0 aliphatic heterocycles. The third-order valence-electron chi connectivity index (χ3n) is 2.24. The molecule has 0 aliphatic carbocycles. The van der Waals surface area contributed by atoms with Crippen molar-refractivity contribution in [3.8, 4) is 5.82 Å². The van der Waals surface area contributed by atoms with E-state index >= 15 is 0 Å². The van der Waals surface area contributed by atoms with Gasteiger partial charge in [-0.3, -0.25) is 0 Å². The number of hydrogen-bond acceptors (Lipinski definition) is 3. The number of nitrogen functional groups attached to an aromatic ring is 1. The normalized spacial score (nSPS) is 11.8. The molecule has 0 spiro atoms. The molecule has 7 heteroatoms. The number of aromatic nitrogens is 3. The minimum Gasteiger partial charge on any atom is -0.398 e. The van der Waals surface area contributed by atoms with Gasteiger partial charge in [-0.1, -0.05) is 0 Å². The highest BCUT2D eigenvalue weighted by atomic mass is 19.4. The van der Waals surface area contributed by atoms with Crippen LogP contribution in [0, 0.1) is 6.92 Å². The standard InChI is InChI=1S/C10H9F3N4/c1-6-5-15-9(4-7(6)14)17-3-2-8(16-17)10(11,12)13/h2-5H,1H3,(H2,14,15). The van der Waals surface area contributed by atoms with Crippen molar-refractivity contribution in [1.82, 2.24) is 14.8 Å². The first-order valence-electron chi connectivity index (χ1n) is 4.73. The van der Waals surface area contributed by atoms with Crippen LogP contribution in [0.25, 0.3) is 5.82 Å². The van der Waals surface area contributed by atoms with E-state index in [9.17, 15) is 13.2 Å². The highest BCUT2D eigenvalue weighted by Gasteiger charge is 2.33. The number of rotatable bonds is 1. The maximum absolute atomic E-state index is 12.3. The maximum atomic E-state index is 12.3. The lowest BCUT2D eigenvalue weighted by atomic mass is 10.2. The summed E-state index contributed by atoms with van der Waals surface area (Å²) in [5.74, 6) is 0.253. The lowest BCUT2D eigenvalue weighted by Gasteiger charge is -2.04. The molecule has 2 aromatic heterocycles. The summed E-state index contributed by atoms with van der Waals surface area (Å²) in [6.45, 7) is 1.76. The van der Waals surface area contributed by atoms with Crippen molar-refractivity contribution in [2.24, 2.45) is 0 Å². The average Bonchev–Trinajstić information content (AvgIpc) is 2.70. The number of nitrogens with zero attached hydrogens (tertiary/aromatic N) is 3. The number of pyridine rings is 1. The van der Waals surface area contributed by atoms with E-state index in [4.69, 9.17) is 5.73 Å². The summed E-state index contributed by atoms with van der Waals surface area (Å²) < 4.78 is 38.1. The maximum Gasteiger partial charge on any atom is 0.435 e. The molecule has 0 atom stereocenters. The Morgan fingerprint density at radius 3 is 2.59 bits per heavy atom. The zero-order chi connectivity index (χ0) is 12.6. The Labute approximate surface area is 94.9 Å². The first kappa shape index (κ1) is 11.4. The summed E-state index contributed by atoms with van der Waals surface area (Å²) in [6, 6.07) is 2.36. The molecule has 0 fully saturated rings. The Morgan fingerprint density at radius 2 is 2.06 bits per heavy atom. The first-order chi connectivity index (χ1) is 7.88. The number of anilines is 1. The highest BCUT2D eigenvalue weighted by molar-refractivity contribution is 5.49. The van der Waals surface area contributed by atoms with Crippen molar-refractivity contribution in [3.63, 3.8) is 0 Å². The van der Waals surface area contributed by atoms with Gasteiger partial charge in [0.2, 0.25) is 0 Å². The fourth-order valence-corrected chi connectivity index (χ4v) is 1.26. The van der Waals surface area contributed by atoms with Gasteiger partial charge in [-0.15, -0.1) is 0 Å². The predicted molar refractivity (Wildman–Crippen MR) is 55.5 cm³/mol. The molecule has 90 valence electrons.